The molecule has 1 fully saturated rings. The molecule has 1 aromatic heterocycles. The van der Waals surface area contributed by atoms with Gasteiger partial charge in [-0.3, -0.25) is 9.78 Å². The summed E-state index contributed by atoms with van der Waals surface area (Å²) in [4.78, 5) is 26.9. The number of nitrogens with one attached hydrogen (secondary N) is 1. The highest BCUT2D eigenvalue weighted by atomic mass is 16.4. The summed E-state index contributed by atoms with van der Waals surface area (Å²) in [5.41, 5.74) is 5.69. The van der Waals surface area contributed by atoms with Gasteiger partial charge >= 0.3 is 5.97 Å². The second-order valence-electron chi connectivity index (χ2n) is 4.79. The molecule has 0 unspecified atom stereocenters. The summed E-state index contributed by atoms with van der Waals surface area (Å²) in [5.74, 6) is -1.58. The van der Waals surface area contributed by atoms with Crippen LogP contribution in [0.1, 0.15) is 46.5 Å². The van der Waals surface area contributed by atoms with Crippen molar-refractivity contribution in [2.24, 2.45) is 5.73 Å². The lowest BCUT2D eigenvalue weighted by atomic mass is 9.91. The van der Waals surface area contributed by atoms with E-state index in [1.165, 1.54) is 18.3 Å². The molecule has 1 aromatic rings. The maximum Gasteiger partial charge on any atom is 0.338 e. The number of aromatic carboxylic acids is 1. The number of carbonyl (C=O) groups is 2. The summed E-state index contributed by atoms with van der Waals surface area (Å²) in [6, 6.07) is 3.13. The van der Waals surface area contributed by atoms with Crippen LogP contribution in [0.3, 0.4) is 0 Å². The van der Waals surface area contributed by atoms with Gasteiger partial charge in [0.05, 0.1) is 5.56 Å². The van der Waals surface area contributed by atoms with Crippen molar-refractivity contribution in [2.45, 2.75) is 37.8 Å². The first-order valence-electron chi connectivity index (χ1n) is 6.32. The number of rotatable bonds is 3. The summed E-state index contributed by atoms with van der Waals surface area (Å²) in [5, 5.41) is 11.8. The molecule has 2 rings (SSSR count). The zero-order chi connectivity index (χ0) is 13.8. The molecule has 1 aliphatic carbocycles. The normalized spacial score (nSPS) is 22.8. The predicted octanol–water partition coefficient (Wildman–Crippen LogP) is 0.779. The van der Waals surface area contributed by atoms with Crippen molar-refractivity contribution >= 4 is 11.9 Å². The number of nitrogens with two attached hydrogens (primary N) is 1. The Hall–Kier alpha value is -1.95. The van der Waals surface area contributed by atoms with Crippen molar-refractivity contribution in [3.63, 3.8) is 0 Å². The second-order valence-corrected chi connectivity index (χ2v) is 4.79. The van der Waals surface area contributed by atoms with Crippen molar-refractivity contribution in [1.29, 1.82) is 0 Å². The number of carboxylic acids is 1. The lowest BCUT2D eigenvalue weighted by molar-refractivity contribution is 0.0689. The molecule has 6 nitrogen and oxygen atoms in total. The summed E-state index contributed by atoms with van der Waals surface area (Å²) in [6.07, 6.45) is 4.81. The van der Waals surface area contributed by atoms with Crippen molar-refractivity contribution in [3.05, 3.63) is 29.6 Å². The van der Waals surface area contributed by atoms with E-state index in [4.69, 9.17) is 10.8 Å². The molecule has 0 spiro atoms. The zero-order valence-electron chi connectivity index (χ0n) is 10.5. The molecule has 6 heteroatoms. The number of hydrogen-bond acceptors (Lipinski definition) is 4. The van der Waals surface area contributed by atoms with Gasteiger partial charge in [-0.25, -0.2) is 4.79 Å². The van der Waals surface area contributed by atoms with Gasteiger partial charge in [0.15, 0.2) is 0 Å². The van der Waals surface area contributed by atoms with E-state index in [1.807, 2.05) is 0 Å². The van der Waals surface area contributed by atoms with Gasteiger partial charge in [-0.15, -0.1) is 0 Å². The number of carboxylic acid groups (broad SMARTS) is 1. The Morgan fingerprint density at radius 3 is 2.63 bits per heavy atom. The Morgan fingerprint density at radius 1 is 1.32 bits per heavy atom. The molecule has 0 aromatic carbocycles. The van der Waals surface area contributed by atoms with Crippen LogP contribution in [0.2, 0.25) is 0 Å². The van der Waals surface area contributed by atoms with Crippen molar-refractivity contribution in [3.8, 4) is 0 Å². The minimum atomic E-state index is -1.15. The molecular formula is C13H17N3O3. The summed E-state index contributed by atoms with van der Waals surface area (Å²) in [7, 11) is 0. The van der Waals surface area contributed by atoms with E-state index in [-0.39, 0.29) is 23.3 Å². The average Bonchev–Trinajstić information content (AvgIpc) is 2.41. The second kappa shape index (κ2) is 5.79. The minimum Gasteiger partial charge on any atom is -0.478 e. The third-order valence-electron chi connectivity index (χ3n) is 3.36. The van der Waals surface area contributed by atoms with E-state index in [2.05, 4.69) is 10.3 Å². The maximum absolute atomic E-state index is 12.1. The molecule has 0 bridgehead atoms. The third kappa shape index (κ3) is 3.29. The fraction of sp³-hybridized carbons (Fsp3) is 0.462. The van der Waals surface area contributed by atoms with E-state index in [0.717, 1.165) is 25.7 Å². The van der Waals surface area contributed by atoms with Crippen LogP contribution in [0, 0.1) is 0 Å². The largest absolute Gasteiger partial charge is 0.478 e. The number of pyridine rings is 1. The summed E-state index contributed by atoms with van der Waals surface area (Å²) < 4.78 is 0. The molecule has 1 saturated carbocycles. The van der Waals surface area contributed by atoms with Crippen molar-refractivity contribution in [2.75, 3.05) is 0 Å². The lowest BCUT2D eigenvalue weighted by Crippen LogP contribution is -2.41. The monoisotopic (exact) mass is 263 g/mol. The molecular weight excluding hydrogens is 246 g/mol. The molecule has 0 saturated heterocycles. The molecule has 4 N–H and O–H groups in total. The molecule has 102 valence electrons. The molecule has 0 atom stereocenters. The van der Waals surface area contributed by atoms with Crippen molar-refractivity contribution in [1.82, 2.24) is 10.3 Å². The third-order valence-corrected chi connectivity index (χ3v) is 3.36. The molecule has 1 heterocycles. The van der Waals surface area contributed by atoms with Crippen molar-refractivity contribution < 1.29 is 14.7 Å². The van der Waals surface area contributed by atoms with Gasteiger partial charge in [-0.1, -0.05) is 0 Å². The number of amides is 1. The average molecular weight is 263 g/mol. The Bertz CT molecular complexity index is 482. The topological polar surface area (TPSA) is 105 Å². The van der Waals surface area contributed by atoms with Gasteiger partial charge in [0.1, 0.15) is 5.69 Å². The van der Waals surface area contributed by atoms with Crippen LogP contribution in [0.25, 0.3) is 0 Å². The molecule has 1 aliphatic rings. The van der Waals surface area contributed by atoms with E-state index in [9.17, 15) is 9.59 Å². The van der Waals surface area contributed by atoms with Gasteiger partial charge in [0.2, 0.25) is 0 Å². The molecule has 1 amide bonds. The smallest absolute Gasteiger partial charge is 0.338 e. The first-order chi connectivity index (χ1) is 9.08. The number of nitrogens with zero attached hydrogens (tertiary/aromatic N) is 1. The standard InChI is InChI=1S/C13H17N3O3/c14-8-3-5-9(6-4-8)16-12(17)11-10(13(18)19)2-1-7-15-11/h1-2,7-9H,3-6,14H2,(H,16,17)(H,18,19). The molecule has 0 radical (unpaired) electrons. The SMILES string of the molecule is NC1CCC(NC(=O)c2ncccc2C(=O)O)CC1. The van der Waals surface area contributed by atoms with E-state index in [1.54, 1.807) is 0 Å². The highest BCUT2D eigenvalue weighted by Gasteiger charge is 2.23. The molecule has 19 heavy (non-hydrogen) atoms. The number of aromatic nitrogens is 1. The predicted molar refractivity (Wildman–Crippen MR) is 68.9 cm³/mol. The highest BCUT2D eigenvalue weighted by Crippen LogP contribution is 2.17. The fourth-order valence-electron chi connectivity index (χ4n) is 2.28. The van der Waals surface area contributed by atoms with Gasteiger partial charge in [0, 0.05) is 18.3 Å². The summed E-state index contributed by atoms with van der Waals surface area (Å²) in [6.45, 7) is 0. The van der Waals surface area contributed by atoms with Crippen LogP contribution in [0.4, 0.5) is 0 Å². The summed E-state index contributed by atoms with van der Waals surface area (Å²) >= 11 is 0. The molecule has 0 aliphatic heterocycles. The van der Waals surface area contributed by atoms with Crippen LogP contribution in [-0.4, -0.2) is 34.1 Å². The Balaban J connectivity index is 2.06. The van der Waals surface area contributed by atoms with Crippen LogP contribution in [0.5, 0.6) is 0 Å². The number of hydrogen-bond donors (Lipinski definition) is 3. The van der Waals surface area contributed by atoms with E-state index in [0.29, 0.717) is 0 Å². The van der Waals surface area contributed by atoms with Crippen LogP contribution < -0.4 is 11.1 Å². The van der Waals surface area contributed by atoms with Crippen LogP contribution >= 0.6 is 0 Å². The minimum absolute atomic E-state index is 0.0372. The van der Waals surface area contributed by atoms with Gasteiger partial charge < -0.3 is 16.2 Å². The van der Waals surface area contributed by atoms with Crippen LogP contribution in [0.15, 0.2) is 18.3 Å². The van der Waals surface area contributed by atoms with E-state index < -0.39 is 11.9 Å². The van der Waals surface area contributed by atoms with Crippen LogP contribution in [-0.2, 0) is 0 Å². The Kier molecular flexibility index (Phi) is 4.11. The van der Waals surface area contributed by atoms with E-state index >= 15 is 0 Å². The van der Waals surface area contributed by atoms with Gasteiger partial charge in [-0.05, 0) is 37.8 Å². The zero-order valence-corrected chi connectivity index (χ0v) is 10.5. The maximum atomic E-state index is 12.1. The Labute approximate surface area is 111 Å². The fourth-order valence-corrected chi connectivity index (χ4v) is 2.28. The first-order valence-corrected chi connectivity index (χ1v) is 6.32. The van der Waals surface area contributed by atoms with Gasteiger partial charge in [-0.2, -0.15) is 0 Å². The quantitative estimate of drug-likeness (QED) is 0.747. The first kappa shape index (κ1) is 13.5. The highest BCUT2D eigenvalue weighted by molar-refractivity contribution is 6.03. The number of carbonyl (C=O) groups excluding carboxylic acids is 1. The Morgan fingerprint density at radius 2 is 2.00 bits per heavy atom. The van der Waals surface area contributed by atoms with Gasteiger partial charge in [0.25, 0.3) is 5.91 Å². The lowest BCUT2D eigenvalue weighted by Gasteiger charge is -2.26.